The molecule has 4 nitrogen and oxygen atoms in total. The molecule has 1 amide bonds. The van der Waals surface area contributed by atoms with Crippen molar-refractivity contribution in [3.63, 3.8) is 0 Å². The number of nitrogens with two attached hydrogens (primary N) is 1. The quantitative estimate of drug-likeness (QED) is 0.774. The van der Waals surface area contributed by atoms with Gasteiger partial charge in [0.05, 0.1) is 12.5 Å². The van der Waals surface area contributed by atoms with E-state index < -0.39 is 0 Å². The third kappa shape index (κ3) is 5.19. The lowest BCUT2D eigenvalue weighted by Gasteiger charge is -2.11. The summed E-state index contributed by atoms with van der Waals surface area (Å²) in [6, 6.07) is 8.31. The predicted molar refractivity (Wildman–Crippen MR) is 72.3 cm³/mol. The number of carbonyl (C=O) groups is 1. The van der Waals surface area contributed by atoms with Gasteiger partial charge in [0, 0.05) is 12.6 Å². The minimum absolute atomic E-state index is 0.271. The topological polar surface area (TPSA) is 64.3 Å². The van der Waals surface area contributed by atoms with Crippen LogP contribution in [0.3, 0.4) is 0 Å². The Kier molecular flexibility index (Phi) is 5.65. The summed E-state index contributed by atoms with van der Waals surface area (Å²) in [6.07, 6.45) is 0. The molecule has 0 saturated carbocycles. The molecule has 0 bridgehead atoms. The molecule has 0 aliphatic carbocycles. The van der Waals surface area contributed by atoms with E-state index in [1.54, 1.807) is 6.92 Å². The van der Waals surface area contributed by atoms with Crippen LogP contribution in [-0.2, 0) is 11.3 Å². The van der Waals surface area contributed by atoms with E-state index in [9.17, 15) is 4.79 Å². The molecular formula is C14H22N2O2. The average molecular weight is 250 g/mol. The molecule has 0 aliphatic heterocycles. The summed E-state index contributed by atoms with van der Waals surface area (Å²) in [5.74, 6) is 0.149. The van der Waals surface area contributed by atoms with Crippen LogP contribution < -0.4 is 15.8 Å². The van der Waals surface area contributed by atoms with Crippen LogP contribution in [0.25, 0.3) is 0 Å². The smallest absolute Gasteiger partial charge is 0.223 e. The third-order valence-corrected chi connectivity index (χ3v) is 2.62. The Hall–Kier alpha value is -1.55. The second kappa shape index (κ2) is 7.01. The van der Waals surface area contributed by atoms with Gasteiger partial charge in [-0.15, -0.1) is 0 Å². The van der Waals surface area contributed by atoms with E-state index >= 15 is 0 Å². The minimum atomic E-state index is -0.340. The molecule has 1 aromatic carbocycles. The van der Waals surface area contributed by atoms with Gasteiger partial charge < -0.3 is 15.8 Å². The summed E-state index contributed by atoms with van der Waals surface area (Å²) in [5, 5.41) is 3.34. The van der Waals surface area contributed by atoms with Crippen LogP contribution in [0.4, 0.5) is 0 Å². The number of nitrogens with one attached hydrogen (secondary N) is 1. The Morgan fingerprint density at radius 2 is 1.89 bits per heavy atom. The van der Waals surface area contributed by atoms with Crippen LogP contribution in [0.1, 0.15) is 26.3 Å². The molecule has 1 aromatic rings. The first-order chi connectivity index (χ1) is 8.49. The highest BCUT2D eigenvalue weighted by Crippen LogP contribution is 2.13. The molecule has 4 heteroatoms. The number of benzene rings is 1. The second-order valence-corrected chi connectivity index (χ2v) is 4.79. The van der Waals surface area contributed by atoms with Gasteiger partial charge in [-0.2, -0.15) is 0 Å². The van der Waals surface area contributed by atoms with E-state index in [2.05, 4.69) is 19.2 Å². The zero-order valence-corrected chi connectivity index (χ0v) is 11.3. The van der Waals surface area contributed by atoms with E-state index in [4.69, 9.17) is 10.5 Å². The lowest BCUT2D eigenvalue weighted by Crippen LogP contribution is -2.25. The maximum absolute atomic E-state index is 10.9. The van der Waals surface area contributed by atoms with Crippen molar-refractivity contribution >= 4 is 5.91 Å². The molecule has 1 rings (SSSR count). The van der Waals surface area contributed by atoms with Crippen molar-refractivity contribution < 1.29 is 9.53 Å². The van der Waals surface area contributed by atoms with Gasteiger partial charge in [0.15, 0.2) is 0 Å². The number of rotatable bonds is 7. The van der Waals surface area contributed by atoms with E-state index in [0.717, 1.165) is 12.3 Å². The minimum Gasteiger partial charge on any atom is -0.493 e. The van der Waals surface area contributed by atoms with Gasteiger partial charge >= 0.3 is 0 Å². The van der Waals surface area contributed by atoms with Gasteiger partial charge in [-0.05, 0) is 17.7 Å². The second-order valence-electron chi connectivity index (χ2n) is 4.79. The summed E-state index contributed by atoms with van der Waals surface area (Å²) in [5.41, 5.74) is 6.37. The van der Waals surface area contributed by atoms with Crippen LogP contribution in [0.15, 0.2) is 24.3 Å². The number of carbonyl (C=O) groups excluding carboxylic acids is 1. The molecule has 1 atom stereocenters. The molecule has 1 unspecified atom stereocenters. The molecule has 0 spiro atoms. The fraction of sp³-hybridized carbons (Fsp3) is 0.500. The van der Waals surface area contributed by atoms with Crippen LogP contribution in [-0.4, -0.2) is 18.6 Å². The molecule has 100 valence electrons. The summed E-state index contributed by atoms with van der Waals surface area (Å²) in [6.45, 7) is 7.14. The maximum atomic E-state index is 10.9. The Morgan fingerprint density at radius 1 is 1.28 bits per heavy atom. The number of hydrogen-bond acceptors (Lipinski definition) is 3. The largest absolute Gasteiger partial charge is 0.493 e. The average Bonchev–Trinajstić information content (AvgIpc) is 2.34. The summed E-state index contributed by atoms with van der Waals surface area (Å²) < 4.78 is 5.49. The third-order valence-electron chi connectivity index (χ3n) is 2.62. The van der Waals surface area contributed by atoms with Crippen molar-refractivity contribution in [1.29, 1.82) is 0 Å². The van der Waals surface area contributed by atoms with Gasteiger partial charge in [-0.3, -0.25) is 4.79 Å². The van der Waals surface area contributed by atoms with Crippen molar-refractivity contribution in [2.24, 2.45) is 11.7 Å². The molecule has 18 heavy (non-hydrogen) atoms. The van der Waals surface area contributed by atoms with Gasteiger partial charge in [-0.25, -0.2) is 0 Å². The van der Waals surface area contributed by atoms with Gasteiger partial charge in [0.2, 0.25) is 5.91 Å². The molecule has 0 fully saturated rings. The van der Waals surface area contributed by atoms with Crippen LogP contribution in [0, 0.1) is 5.92 Å². The Bertz CT molecular complexity index is 374. The fourth-order valence-electron chi connectivity index (χ4n) is 1.33. The SMILES string of the molecule is CC(C)NCc1ccc(OCC(C)C(N)=O)cc1. The summed E-state index contributed by atoms with van der Waals surface area (Å²) >= 11 is 0. The standard InChI is InChI=1S/C14H22N2O2/c1-10(2)16-8-12-4-6-13(7-5-12)18-9-11(3)14(15)17/h4-7,10-11,16H,8-9H2,1-3H3,(H2,15,17). The summed E-state index contributed by atoms with van der Waals surface area (Å²) in [4.78, 5) is 10.9. The zero-order chi connectivity index (χ0) is 13.5. The first-order valence-electron chi connectivity index (χ1n) is 6.23. The van der Waals surface area contributed by atoms with Gasteiger partial charge in [0.25, 0.3) is 0 Å². The lowest BCUT2D eigenvalue weighted by molar-refractivity contribution is -0.122. The Labute approximate surface area is 109 Å². The van der Waals surface area contributed by atoms with Gasteiger partial charge in [-0.1, -0.05) is 32.9 Å². The molecule has 0 aromatic heterocycles. The van der Waals surface area contributed by atoms with E-state index in [1.165, 1.54) is 5.56 Å². The maximum Gasteiger partial charge on any atom is 0.223 e. The monoisotopic (exact) mass is 250 g/mol. The van der Waals surface area contributed by atoms with Crippen molar-refractivity contribution in [2.45, 2.75) is 33.4 Å². The Balaban J connectivity index is 2.42. The Morgan fingerprint density at radius 3 is 2.39 bits per heavy atom. The van der Waals surface area contributed by atoms with Gasteiger partial charge in [0.1, 0.15) is 5.75 Å². The molecule has 0 radical (unpaired) electrons. The van der Waals surface area contributed by atoms with E-state index in [0.29, 0.717) is 12.6 Å². The molecule has 3 N–H and O–H groups in total. The molecule has 0 saturated heterocycles. The predicted octanol–water partition coefficient (Wildman–Crippen LogP) is 1.68. The molecule has 0 aliphatic rings. The van der Waals surface area contributed by atoms with Crippen molar-refractivity contribution in [1.82, 2.24) is 5.32 Å². The van der Waals surface area contributed by atoms with E-state index in [-0.39, 0.29) is 11.8 Å². The van der Waals surface area contributed by atoms with Crippen LogP contribution >= 0.6 is 0 Å². The summed E-state index contributed by atoms with van der Waals surface area (Å²) in [7, 11) is 0. The fourth-order valence-corrected chi connectivity index (χ4v) is 1.33. The normalized spacial score (nSPS) is 12.4. The molecular weight excluding hydrogens is 228 g/mol. The number of primary amides is 1. The van der Waals surface area contributed by atoms with Crippen LogP contribution in [0.2, 0.25) is 0 Å². The lowest BCUT2D eigenvalue weighted by atomic mass is 10.2. The molecule has 0 heterocycles. The number of amides is 1. The van der Waals surface area contributed by atoms with Crippen molar-refractivity contribution in [3.8, 4) is 5.75 Å². The zero-order valence-electron chi connectivity index (χ0n) is 11.3. The first kappa shape index (κ1) is 14.5. The highest BCUT2D eigenvalue weighted by atomic mass is 16.5. The highest BCUT2D eigenvalue weighted by Gasteiger charge is 2.09. The number of ether oxygens (including phenoxy) is 1. The number of hydrogen-bond donors (Lipinski definition) is 2. The van der Waals surface area contributed by atoms with E-state index in [1.807, 2.05) is 24.3 Å². The van der Waals surface area contributed by atoms with Crippen molar-refractivity contribution in [3.05, 3.63) is 29.8 Å². The first-order valence-corrected chi connectivity index (χ1v) is 6.23. The highest BCUT2D eigenvalue weighted by molar-refractivity contribution is 5.76. The van der Waals surface area contributed by atoms with Crippen LogP contribution in [0.5, 0.6) is 5.75 Å². The van der Waals surface area contributed by atoms with Crippen molar-refractivity contribution in [2.75, 3.05) is 6.61 Å².